The predicted octanol–water partition coefficient (Wildman–Crippen LogP) is 5.84. The molecule has 0 radical (unpaired) electrons. The minimum atomic E-state index is -3.96. The summed E-state index contributed by atoms with van der Waals surface area (Å²) in [6.45, 7) is 9.67. The number of sulfonamides is 1. The van der Waals surface area contributed by atoms with Gasteiger partial charge in [-0.15, -0.1) is 11.3 Å². The van der Waals surface area contributed by atoms with Gasteiger partial charge in [0.05, 0.1) is 20.4 Å². The van der Waals surface area contributed by atoms with Crippen LogP contribution in [0.5, 0.6) is 0 Å². The van der Waals surface area contributed by atoms with Gasteiger partial charge in [0.25, 0.3) is 0 Å². The highest BCUT2D eigenvalue weighted by Crippen LogP contribution is 2.56. The molecule has 6 rings (SSSR count). The number of rotatable bonds is 11. The number of thiazole rings is 1. The molecule has 3 saturated carbocycles. The maximum absolute atomic E-state index is 13.7. The molecule has 5 N–H and O–H groups in total. The number of anilines is 1. The molecule has 1 aromatic heterocycles. The van der Waals surface area contributed by atoms with Gasteiger partial charge in [0, 0.05) is 41.0 Å². The number of benzene rings is 2. The van der Waals surface area contributed by atoms with Crippen LogP contribution in [-0.4, -0.2) is 48.1 Å². The quantitative estimate of drug-likeness (QED) is 0.163. The highest BCUT2D eigenvalue weighted by Gasteiger charge is 2.52. The average molecular weight is 656 g/mol. The zero-order valence-electron chi connectivity index (χ0n) is 26.6. The number of hydrogen-bond donors (Lipinski definition) is 5. The van der Waals surface area contributed by atoms with E-state index < -0.39 is 28.0 Å². The van der Waals surface area contributed by atoms with E-state index in [1.165, 1.54) is 17.4 Å². The maximum atomic E-state index is 13.7. The summed E-state index contributed by atoms with van der Waals surface area (Å²) in [5.41, 5.74) is 0.726. The fourth-order valence-electron chi connectivity index (χ4n) is 6.29. The molecule has 10 nitrogen and oxygen atoms in total. The fraction of sp³-hybridized carbons (Fsp3) is 0.515. The normalized spacial score (nSPS) is 22.4. The highest BCUT2D eigenvalue weighted by atomic mass is 32.2. The molecule has 45 heavy (non-hydrogen) atoms. The molecule has 0 aliphatic heterocycles. The Balaban J connectivity index is 1.36. The van der Waals surface area contributed by atoms with Crippen LogP contribution in [-0.2, 0) is 26.7 Å². The van der Waals surface area contributed by atoms with Gasteiger partial charge in [0.15, 0.2) is 0 Å². The third-order valence-corrected chi connectivity index (χ3v) is 11.6. The number of amides is 2. The number of ether oxygens (including phenoxy) is 1. The molecule has 2 aromatic carbocycles. The number of nitrogens with one attached hydrogen (secondary N) is 4. The molecule has 1 heterocycles. The van der Waals surface area contributed by atoms with E-state index in [-0.39, 0.29) is 22.0 Å². The van der Waals surface area contributed by atoms with E-state index in [1.807, 2.05) is 44.2 Å². The Morgan fingerprint density at radius 3 is 2.33 bits per heavy atom. The number of carbonyl (C=O) groups is 1. The fourth-order valence-corrected chi connectivity index (χ4v) is 9.25. The second kappa shape index (κ2) is 13.1. The average Bonchev–Trinajstić information content (AvgIpc) is 3.47. The molecule has 2 bridgehead atoms. The summed E-state index contributed by atoms with van der Waals surface area (Å²) in [7, 11) is -3.96. The first-order valence-corrected chi connectivity index (χ1v) is 17.8. The minimum absolute atomic E-state index is 0.0809. The molecule has 3 aliphatic carbocycles. The number of aliphatic hydroxyl groups excluding tert-OH is 1. The Bertz CT molecular complexity index is 1580. The summed E-state index contributed by atoms with van der Waals surface area (Å²) in [6, 6.07) is 14.2. The van der Waals surface area contributed by atoms with E-state index in [9.17, 15) is 18.3 Å². The number of nitrogens with zero attached hydrogens (tertiary/aromatic N) is 1. The Morgan fingerprint density at radius 2 is 1.71 bits per heavy atom. The van der Waals surface area contributed by atoms with E-state index in [0.717, 1.165) is 54.0 Å². The van der Waals surface area contributed by atoms with Crippen molar-refractivity contribution in [2.24, 2.45) is 0 Å². The van der Waals surface area contributed by atoms with Crippen molar-refractivity contribution in [1.29, 1.82) is 0 Å². The van der Waals surface area contributed by atoms with Crippen LogP contribution < -0.4 is 20.7 Å². The van der Waals surface area contributed by atoms with Crippen molar-refractivity contribution in [3.8, 4) is 10.4 Å². The number of fused-ring (bicyclic) bond motifs is 3. The van der Waals surface area contributed by atoms with Crippen molar-refractivity contribution in [2.45, 2.75) is 114 Å². The Morgan fingerprint density at radius 1 is 1.04 bits per heavy atom. The van der Waals surface area contributed by atoms with Crippen LogP contribution in [0.4, 0.5) is 10.5 Å². The molecule has 2 amide bonds. The highest BCUT2D eigenvalue weighted by molar-refractivity contribution is 7.89. The lowest BCUT2D eigenvalue weighted by Gasteiger charge is -2.52. The van der Waals surface area contributed by atoms with Gasteiger partial charge in [-0.1, -0.05) is 36.4 Å². The topological polar surface area (TPSA) is 142 Å². The first-order chi connectivity index (χ1) is 21.2. The van der Waals surface area contributed by atoms with E-state index in [0.29, 0.717) is 17.8 Å². The summed E-state index contributed by atoms with van der Waals surface area (Å²) in [5, 5.41) is 20.0. The molecule has 0 saturated heterocycles. The Hall–Kier alpha value is -2.87. The molecule has 12 heteroatoms. The number of urea groups is 1. The monoisotopic (exact) mass is 655 g/mol. The van der Waals surface area contributed by atoms with E-state index >= 15 is 0 Å². The first kappa shape index (κ1) is 33.5. The second-order valence-electron chi connectivity index (χ2n) is 13.6. The first-order valence-electron chi connectivity index (χ1n) is 15.5. The van der Waals surface area contributed by atoms with E-state index in [1.54, 1.807) is 39.1 Å². The van der Waals surface area contributed by atoms with Gasteiger partial charge in [-0.25, -0.2) is 22.9 Å². The van der Waals surface area contributed by atoms with Crippen molar-refractivity contribution in [3.05, 3.63) is 65.3 Å². The van der Waals surface area contributed by atoms with Crippen LogP contribution >= 0.6 is 11.3 Å². The molecule has 244 valence electrons. The molecule has 3 aliphatic rings. The maximum Gasteiger partial charge on any atom is 0.319 e. The largest absolute Gasteiger partial charge is 0.356 e. The lowest BCUT2D eigenvalue weighted by Crippen LogP contribution is -2.53. The van der Waals surface area contributed by atoms with Gasteiger partial charge in [0.2, 0.25) is 16.4 Å². The Labute approximate surface area is 270 Å². The molecule has 3 fully saturated rings. The molecule has 1 atom stereocenters. The number of aromatic nitrogens is 1. The van der Waals surface area contributed by atoms with Crippen LogP contribution in [0.15, 0.2) is 59.6 Å². The number of aliphatic hydroxyl groups is 1. The third kappa shape index (κ3) is 8.11. The van der Waals surface area contributed by atoms with Crippen molar-refractivity contribution in [1.82, 2.24) is 20.3 Å². The van der Waals surface area contributed by atoms with E-state index in [2.05, 4.69) is 20.7 Å². The van der Waals surface area contributed by atoms with Crippen LogP contribution in [0.1, 0.15) is 83.7 Å². The molecule has 1 unspecified atom stereocenters. The lowest BCUT2D eigenvalue weighted by atomic mass is 9.59. The van der Waals surface area contributed by atoms with Gasteiger partial charge in [0.1, 0.15) is 0 Å². The van der Waals surface area contributed by atoms with Gasteiger partial charge < -0.3 is 20.5 Å². The van der Waals surface area contributed by atoms with Crippen molar-refractivity contribution < 1.29 is 23.1 Å². The van der Waals surface area contributed by atoms with Crippen LogP contribution in [0, 0.1) is 0 Å². The minimum Gasteiger partial charge on any atom is -0.356 e. The van der Waals surface area contributed by atoms with Crippen LogP contribution in [0.3, 0.4) is 0 Å². The third-order valence-electron chi connectivity index (χ3n) is 8.51. The zero-order valence-corrected chi connectivity index (χ0v) is 28.3. The number of carbonyl (C=O) groups excluding carboxylic acids is 1. The van der Waals surface area contributed by atoms with Gasteiger partial charge in [-0.3, -0.25) is 5.32 Å². The zero-order chi connectivity index (χ0) is 32.5. The second-order valence-corrected chi connectivity index (χ2v) is 16.3. The summed E-state index contributed by atoms with van der Waals surface area (Å²) in [6.07, 6.45) is 5.96. The predicted molar refractivity (Wildman–Crippen MR) is 177 cm³/mol. The standard InChI is InChI=1S/C33H45N5O5S2/c1-22(2)36-30(40)43-33-16-13-32(14-17-33,15-18-33)28-34-21-26(44-28)25-12-11-24(19-27(25)45(41,42)38-31(3,4)5)37-29(39)35-20-23-9-7-6-8-10-23/h6-12,19,21-22,30,36,38,40H,13-18,20H2,1-5H3,(H2,35,37,39). The van der Waals surface area contributed by atoms with E-state index in [4.69, 9.17) is 9.72 Å². The summed E-state index contributed by atoms with van der Waals surface area (Å²) in [5.74, 6) is 0. The van der Waals surface area contributed by atoms with Crippen LogP contribution in [0.2, 0.25) is 0 Å². The van der Waals surface area contributed by atoms with Crippen LogP contribution in [0.25, 0.3) is 10.4 Å². The van der Waals surface area contributed by atoms with Gasteiger partial charge in [-0.05, 0) is 90.8 Å². The summed E-state index contributed by atoms with van der Waals surface area (Å²) in [4.78, 5) is 18.4. The summed E-state index contributed by atoms with van der Waals surface area (Å²) >= 11 is 1.53. The van der Waals surface area contributed by atoms with Crippen molar-refractivity contribution >= 4 is 33.1 Å². The number of hydrogen-bond acceptors (Lipinski definition) is 8. The van der Waals surface area contributed by atoms with Gasteiger partial charge in [-0.2, -0.15) is 0 Å². The molecular formula is C33H45N5O5S2. The van der Waals surface area contributed by atoms with Crippen molar-refractivity contribution in [2.75, 3.05) is 5.32 Å². The molecular weight excluding hydrogens is 611 g/mol. The Kier molecular flexibility index (Phi) is 9.74. The molecule has 0 spiro atoms. The summed E-state index contributed by atoms with van der Waals surface area (Å²) < 4.78 is 36.3. The SMILES string of the molecule is CC(C)NC(O)OC12CCC(c3ncc(-c4ccc(NC(=O)NCc5ccccc5)cc4S(=O)(=O)NC(C)(C)C)s3)(CC1)CC2. The lowest BCUT2D eigenvalue weighted by molar-refractivity contribution is -0.232. The van der Waals surface area contributed by atoms with Gasteiger partial charge >= 0.3 is 6.03 Å². The molecule has 3 aromatic rings. The smallest absolute Gasteiger partial charge is 0.319 e. The van der Waals surface area contributed by atoms with Crippen molar-refractivity contribution in [3.63, 3.8) is 0 Å².